The molecular weight excluding hydrogens is 298 g/mol. The van der Waals surface area contributed by atoms with E-state index in [1.54, 1.807) is 6.92 Å². The van der Waals surface area contributed by atoms with E-state index in [4.69, 9.17) is 4.74 Å². The molecule has 0 aliphatic rings. The molecule has 1 unspecified atom stereocenters. The molecule has 24 heavy (non-hydrogen) atoms. The number of unbranched alkanes of at least 4 members (excludes halogenated alkanes) is 6. The smallest absolute Gasteiger partial charge is 0.333 e. The van der Waals surface area contributed by atoms with Gasteiger partial charge < -0.3 is 9.64 Å². The zero-order valence-electron chi connectivity index (χ0n) is 16.9. The normalized spacial score (nSPS) is 12.6. The summed E-state index contributed by atoms with van der Waals surface area (Å²) in [6.45, 7) is 11.7. The summed E-state index contributed by atoms with van der Waals surface area (Å²) < 4.78 is 5.10. The van der Waals surface area contributed by atoms with Crippen LogP contribution in [0.5, 0.6) is 0 Å². The van der Waals surface area contributed by atoms with Gasteiger partial charge in [-0.05, 0) is 52.1 Å². The molecule has 0 amide bonds. The number of nitrogens with zero attached hydrogens (tertiary/aromatic N) is 1. The number of hydrogen-bond acceptors (Lipinski definition) is 3. The zero-order valence-corrected chi connectivity index (χ0v) is 16.9. The van der Waals surface area contributed by atoms with E-state index in [-0.39, 0.29) is 5.97 Å². The van der Waals surface area contributed by atoms with Crippen molar-refractivity contribution < 1.29 is 9.53 Å². The second-order valence-corrected chi connectivity index (χ2v) is 7.94. The molecule has 0 aromatic carbocycles. The third-order valence-corrected chi connectivity index (χ3v) is 4.27. The quantitative estimate of drug-likeness (QED) is 0.226. The average Bonchev–Trinajstić information content (AvgIpc) is 2.47. The standard InChI is InChI=1S/C21H41NO2/c1-18(2)16-20(17-22(5)6)14-12-10-8-7-9-11-13-15-24-21(23)19(3)4/h18,20H,3,7-17H2,1-2,4-6H3. The monoisotopic (exact) mass is 339 g/mol. The first kappa shape index (κ1) is 23.2. The minimum atomic E-state index is -0.260. The molecule has 0 fully saturated rings. The highest BCUT2D eigenvalue weighted by atomic mass is 16.5. The minimum absolute atomic E-state index is 0.260. The topological polar surface area (TPSA) is 29.5 Å². The molecule has 0 radical (unpaired) electrons. The van der Waals surface area contributed by atoms with Crippen molar-refractivity contribution >= 4 is 5.97 Å². The predicted octanol–water partition coefficient (Wildman–Crippen LogP) is 5.45. The van der Waals surface area contributed by atoms with Crippen molar-refractivity contribution in [1.29, 1.82) is 0 Å². The highest BCUT2D eigenvalue weighted by Gasteiger charge is 2.11. The fourth-order valence-corrected chi connectivity index (χ4v) is 3.17. The van der Waals surface area contributed by atoms with Crippen LogP contribution in [0.1, 0.15) is 78.6 Å². The maximum absolute atomic E-state index is 11.2. The highest BCUT2D eigenvalue weighted by Crippen LogP contribution is 2.20. The molecule has 3 heteroatoms. The summed E-state index contributed by atoms with van der Waals surface area (Å²) in [4.78, 5) is 13.5. The minimum Gasteiger partial charge on any atom is -0.462 e. The van der Waals surface area contributed by atoms with Crippen LogP contribution in [0.4, 0.5) is 0 Å². The van der Waals surface area contributed by atoms with Gasteiger partial charge in [0.1, 0.15) is 0 Å². The molecule has 3 nitrogen and oxygen atoms in total. The van der Waals surface area contributed by atoms with Gasteiger partial charge in [0.25, 0.3) is 0 Å². The molecule has 0 saturated heterocycles. The number of rotatable bonds is 15. The summed E-state index contributed by atoms with van der Waals surface area (Å²) in [5.41, 5.74) is 0.486. The number of carbonyl (C=O) groups excluding carboxylic acids is 1. The first-order chi connectivity index (χ1) is 11.3. The van der Waals surface area contributed by atoms with Crippen LogP contribution in [0.2, 0.25) is 0 Å². The SMILES string of the molecule is C=C(C)C(=O)OCCCCCCCCCC(CC(C)C)CN(C)C. The lowest BCUT2D eigenvalue weighted by molar-refractivity contribution is -0.139. The van der Waals surface area contributed by atoms with Crippen LogP contribution in [0, 0.1) is 11.8 Å². The highest BCUT2D eigenvalue weighted by molar-refractivity contribution is 5.86. The lowest BCUT2D eigenvalue weighted by Crippen LogP contribution is -2.23. The van der Waals surface area contributed by atoms with E-state index in [1.165, 1.54) is 51.5 Å². The zero-order chi connectivity index (χ0) is 18.4. The summed E-state index contributed by atoms with van der Waals surface area (Å²) in [7, 11) is 4.36. The van der Waals surface area contributed by atoms with Crippen molar-refractivity contribution in [2.24, 2.45) is 11.8 Å². The maximum atomic E-state index is 11.2. The average molecular weight is 340 g/mol. The van der Waals surface area contributed by atoms with Crippen molar-refractivity contribution in [2.75, 3.05) is 27.2 Å². The Hall–Kier alpha value is -0.830. The van der Waals surface area contributed by atoms with Crippen molar-refractivity contribution in [2.45, 2.75) is 78.6 Å². The first-order valence-electron chi connectivity index (χ1n) is 9.80. The molecule has 0 aromatic rings. The van der Waals surface area contributed by atoms with E-state index in [0.717, 1.165) is 24.7 Å². The van der Waals surface area contributed by atoms with E-state index in [1.807, 2.05) is 0 Å². The van der Waals surface area contributed by atoms with Crippen LogP contribution >= 0.6 is 0 Å². The molecule has 0 aromatic heterocycles. The van der Waals surface area contributed by atoms with E-state index >= 15 is 0 Å². The Morgan fingerprint density at radius 1 is 1.00 bits per heavy atom. The Kier molecular flexibility index (Phi) is 14.0. The summed E-state index contributed by atoms with van der Waals surface area (Å²) in [5.74, 6) is 1.39. The molecular formula is C21H41NO2. The molecule has 0 aliphatic heterocycles. The van der Waals surface area contributed by atoms with Gasteiger partial charge in [-0.1, -0.05) is 59.0 Å². The first-order valence-corrected chi connectivity index (χ1v) is 9.80. The molecule has 0 heterocycles. The van der Waals surface area contributed by atoms with Gasteiger partial charge in [-0.2, -0.15) is 0 Å². The summed E-state index contributed by atoms with van der Waals surface area (Å²) in [5, 5.41) is 0. The van der Waals surface area contributed by atoms with Crippen LogP contribution in [0.25, 0.3) is 0 Å². The molecule has 142 valence electrons. The van der Waals surface area contributed by atoms with Gasteiger partial charge >= 0.3 is 5.97 Å². The summed E-state index contributed by atoms with van der Waals surface area (Å²) in [6.07, 6.45) is 11.4. The fraction of sp³-hybridized carbons (Fsp3) is 0.857. The summed E-state index contributed by atoms with van der Waals surface area (Å²) in [6, 6.07) is 0. The van der Waals surface area contributed by atoms with Gasteiger partial charge in [0.2, 0.25) is 0 Å². The van der Waals surface area contributed by atoms with Crippen molar-refractivity contribution in [3.8, 4) is 0 Å². The van der Waals surface area contributed by atoms with Gasteiger partial charge in [0.15, 0.2) is 0 Å². The lowest BCUT2D eigenvalue weighted by atomic mass is 9.91. The van der Waals surface area contributed by atoms with Crippen LogP contribution in [-0.2, 0) is 9.53 Å². The Balaban J connectivity index is 3.51. The van der Waals surface area contributed by atoms with Crippen LogP contribution in [-0.4, -0.2) is 38.1 Å². The van der Waals surface area contributed by atoms with Gasteiger partial charge in [0, 0.05) is 12.1 Å². The number of ether oxygens (including phenoxy) is 1. The Bertz CT molecular complexity index is 327. The van der Waals surface area contributed by atoms with E-state index < -0.39 is 0 Å². The molecule has 1 atom stereocenters. The number of hydrogen-bond donors (Lipinski definition) is 0. The van der Waals surface area contributed by atoms with Gasteiger partial charge in [-0.3, -0.25) is 0 Å². The molecule has 0 saturated carbocycles. The van der Waals surface area contributed by atoms with Crippen LogP contribution in [0.3, 0.4) is 0 Å². The van der Waals surface area contributed by atoms with E-state index in [2.05, 4.69) is 39.4 Å². The molecule has 0 bridgehead atoms. The van der Waals surface area contributed by atoms with Crippen molar-refractivity contribution in [3.63, 3.8) is 0 Å². The predicted molar refractivity (Wildman–Crippen MR) is 104 cm³/mol. The third-order valence-electron chi connectivity index (χ3n) is 4.27. The van der Waals surface area contributed by atoms with Gasteiger partial charge in [-0.25, -0.2) is 4.79 Å². The Morgan fingerprint density at radius 3 is 2.04 bits per heavy atom. The Labute approximate surface area is 150 Å². The lowest BCUT2D eigenvalue weighted by Gasteiger charge is -2.22. The maximum Gasteiger partial charge on any atom is 0.333 e. The third kappa shape index (κ3) is 14.7. The number of carbonyl (C=O) groups is 1. The fourth-order valence-electron chi connectivity index (χ4n) is 3.17. The second kappa shape index (κ2) is 14.5. The van der Waals surface area contributed by atoms with E-state index in [9.17, 15) is 4.79 Å². The van der Waals surface area contributed by atoms with Gasteiger partial charge in [0.05, 0.1) is 6.61 Å². The molecule has 0 N–H and O–H groups in total. The van der Waals surface area contributed by atoms with Crippen LogP contribution < -0.4 is 0 Å². The number of esters is 1. The van der Waals surface area contributed by atoms with Crippen molar-refractivity contribution in [3.05, 3.63) is 12.2 Å². The molecule has 0 aliphatic carbocycles. The second-order valence-electron chi connectivity index (χ2n) is 7.94. The van der Waals surface area contributed by atoms with Crippen LogP contribution in [0.15, 0.2) is 12.2 Å². The van der Waals surface area contributed by atoms with E-state index in [0.29, 0.717) is 12.2 Å². The summed E-state index contributed by atoms with van der Waals surface area (Å²) >= 11 is 0. The molecule has 0 rings (SSSR count). The molecule has 0 spiro atoms. The Morgan fingerprint density at radius 2 is 1.54 bits per heavy atom. The van der Waals surface area contributed by atoms with Crippen molar-refractivity contribution in [1.82, 2.24) is 4.90 Å². The largest absolute Gasteiger partial charge is 0.462 e. The van der Waals surface area contributed by atoms with Gasteiger partial charge in [-0.15, -0.1) is 0 Å².